The summed E-state index contributed by atoms with van der Waals surface area (Å²) in [6.45, 7) is 5.37. The fourth-order valence-electron chi connectivity index (χ4n) is 4.91. The molecule has 2 aromatic rings. The van der Waals surface area contributed by atoms with E-state index in [1.807, 2.05) is 14.1 Å². The average molecular weight is 453 g/mol. The van der Waals surface area contributed by atoms with Gasteiger partial charge in [-0.2, -0.15) is 15.0 Å². The number of likely N-dealkylation sites (tertiary alicyclic amines) is 1. The summed E-state index contributed by atoms with van der Waals surface area (Å²) in [5.41, 5.74) is 2.12. The highest BCUT2D eigenvalue weighted by Gasteiger charge is 2.23. The molecule has 1 aromatic heterocycles. The fourth-order valence-corrected chi connectivity index (χ4v) is 4.91. The molecule has 0 bridgehead atoms. The van der Waals surface area contributed by atoms with E-state index in [4.69, 9.17) is 15.0 Å². The van der Waals surface area contributed by atoms with Crippen LogP contribution in [0.1, 0.15) is 58.3 Å². The molecular formula is C25H40N8. The second-order valence-electron chi connectivity index (χ2n) is 9.51. The van der Waals surface area contributed by atoms with Gasteiger partial charge in [0.2, 0.25) is 17.8 Å². The van der Waals surface area contributed by atoms with Crippen LogP contribution < -0.4 is 20.9 Å². The summed E-state index contributed by atoms with van der Waals surface area (Å²) in [7, 11) is 4.09. The Bertz CT molecular complexity index is 861. The van der Waals surface area contributed by atoms with E-state index in [0.717, 1.165) is 24.5 Å². The molecule has 1 aliphatic carbocycles. The smallest absolute Gasteiger partial charge is 0.233 e. The molecule has 180 valence electrons. The van der Waals surface area contributed by atoms with Gasteiger partial charge in [-0.05, 0) is 63.0 Å². The van der Waals surface area contributed by atoms with Gasteiger partial charge < -0.3 is 20.9 Å². The Balaban J connectivity index is 1.50. The largest absolute Gasteiger partial charge is 0.378 e. The van der Waals surface area contributed by atoms with Crippen LogP contribution in [0.2, 0.25) is 0 Å². The summed E-state index contributed by atoms with van der Waals surface area (Å²) in [6, 6.07) is 9.27. The monoisotopic (exact) mass is 452 g/mol. The zero-order valence-electron chi connectivity index (χ0n) is 20.5. The Labute approximate surface area is 198 Å². The van der Waals surface area contributed by atoms with Crippen LogP contribution in [0, 0.1) is 0 Å². The summed E-state index contributed by atoms with van der Waals surface area (Å²) >= 11 is 0. The standard InChI is InChI=1S/C25H40N8/c1-4-33-17-9-12-22(33)18-26-23-29-24(27-19-10-7-5-6-8-11-19)31-25(30-23)28-20-13-15-21(16-14-20)32(2)3/h13-16,19,22H,4-12,17-18H2,1-3H3,(H3,26,27,28,29,30,31). The maximum Gasteiger partial charge on any atom is 0.233 e. The van der Waals surface area contributed by atoms with E-state index in [2.05, 4.69) is 56.9 Å². The van der Waals surface area contributed by atoms with E-state index in [0.29, 0.717) is 29.9 Å². The Hall–Kier alpha value is -2.61. The molecule has 0 radical (unpaired) electrons. The molecule has 0 spiro atoms. The van der Waals surface area contributed by atoms with Crippen molar-refractivity contribution in [1.82, 2.24) is 19.9 Å². The number of benzene rings is 1. The third kappa shape index (κ3) is 6.69. The van der Waals surface area contributed by atoms with Gasteiger partial charge in [0.1, 0.15) is 0 Å². The molecular weight excluding hydrogens is 412 g/mol. The molecule has 1 unspecified atom stereocenters. The van der Waals surface area contributed by atoms with E-state index in [1.54, 1.807) is 0 Å². The van der Waals surface area contributed by atoms with Gasteiger partial charge in [0.25, 0.3) is 0 Å². The molecule has 8 nitrogen and oxygen atoms in total. The normalized spacial score (nSPS) is 19.8. The number of anilines is 5. The van der Waals surface area contributed by atoms with Crippen molar-refractivity contribution in [3.63, 3.8) is 0 Å². The first-order valence-electron chi connectivity index (χ1n) is 12.7. The molecule has 1 aliphatic heterocycles. The molecule has 4 rings (SSSR count). The van der Waals surface area contributed by atoms with Crippen LogP contribution in [0.5, 0.6) is 0 Å². The van der Waals surface area contributed by atoms with Crippen molar-refractivity contribution >= 4 is 29.2 Å². The predicted octanol–water partition coefficient (Wildman–Crippen LogP) is 4.71. The minimum atomic E-state index is 0.431. The lowest BCUT2D eigenvalue weighted by Gasteiger charge is -2.23. The second-order valence-corrected chi connectivity index (χ2v) is 9.51. The molecule has 1 saturated carbocycles. The highest BCUT2D eigenvalue weighted by atomic mass is 15.3. The number of nitrogens with one attached hydrogen (secondary N) is 3. The Kier molecular flexibility index (Phi) is 8.20. The van der Waals surface area contributed by atoms with Gasteiger partial charge in [0, 0.05) is 44.1 Å². The summed E-state index contributed by atoms with van der Waals surface area (Å²) in [4.78, 5) is 18.8. The lowest BCUT2D eigenvalue weighted by Crippen LogP contribution is -2.35. The van der Waals surface area contributed by atoms with Gasteiger partial charge in [-0.15, -0.1) is 0 Å². The Morgan fingerprint density at radius 1 is 0.879 bits per heavy atom. The lowest BCUT2D eigenvalue weighted by atomic mass is 10.1. The van der Waals surface area contributed by atoms with Crippen LogP contribution in [-0.2, 0) is 0 Å². The maximum absolute atomic E-state index is 4.74. The van der Waals surface area contributed by atoms with Gasteiger partial charge in [-0.25, -0.2) is 0 Å². The average Bonchev–Trinajstić information content (AvgIpc) is 3.12. The van der Waals surface area contributed by atoms with Gasteiger partial charge in [-0.1, -0.05) is 32.6 Å². The number of likely N-dealkylation sites (N-methyl/N-ethyl adjacent to an activating group) is 1. The number of nitrogens with zero attached hydrogens (tertiary/aromatic N) is 5. The zero-order chi connectivity index (χ0) is 23.0. The Morgan fingerprint density at radius 2 is 1.58 bits per heavy atom. The summed E-state index contributed by atoms with van der Waals surface area (Å²) < 4.78 is 0. The summed E-state index contributed by atoms with van der Waals surface area (Å²) in [5.74, 6) is 1.86. The number of rotatable bonds is 9. The molecule has 2 fully saturated rings. The first-order valence-corrected chi connectivity index (χ1v) is 12.7. The zero-order valence-corrected chi connectivity index (χ0v) is 20.5. The minimum absolute atomic E-state index is 0.431. The quantitative estimate of drug-likeness (QED) is 0.472. The van der Waals surface area contributed by atoms with Crippen LogP contribution in [0.15, 0.2) is 24.3 Å². The molecule has 1 saturated heterocycles. The third-order valence-electron chi connectivity index (χ3n) is 6.86. The molecule has 2 aliphatic rings. The SMILES string of the molecule is CCN1CCCC1CNc1nc(Nc2ccc(N(C)C)cc2)nc(NC2CCCCCC2)n1. The van der Waals surface area contributed by atoms with Crippen molar-refractivity contribution < 1.29 is 0 Å². The van der Waals surface area contributed by atoms with Gasteiger partial charge >= 0.3 is 0 Å². The van der Waals surface area contributed by atoms with Crippen LogP contribution >= 0.6 is 0 Å². The van der Waals surface area contributed by atoms with Crippen molar-refractivity contribution in [3.8, 4) is 0 Å². The molecule has 0 amide bonds. The summed E-state index contributed by atoms with van der Waals surface area (Å²) in [6.07, 6.45) is 10.0. The lowest BCUT2D eigenvalue weighted by molar-refractivity contribution is 0.277. The molecule has 2 heterocycles. The van der Waals surface area contributed by atoms with E-state index < -0.39 is 0 Å². The fraction of sp³-hybridized carbons (Fsp3) is 0.640. The van der Waals surface area contributed by atoms with Crippen molar-refractivity contribution in [3.05, 3.63) is 24.3 Å². The van der Waals surface area contributed by atoms with E-state index >= 15 is 0 Å². The second kappa shape index (κ2) is 11.5. The number of hydrogen-bond acceptors (Lipinski definition) is 8. The number of aromatic nitrogens is 3. The van der Waals surface area contributed by atoms with Gasteiger partial charge in [-0.3, -0.25) is 4.90 Å². The molecule has 1 aromatic carbocycles. The molecule has 33 heavy (non-hydrogen) atoms. The van der Waals surface area contributed by atoms with Crippen LogP contribution in [0.3, 0.4) is 0 Å². The van der Waals surface area contributed by atoms with Crippen molar-refractivity contribution in [2.75, 3.05) is 54.6 Å². The van der Waals surface area contributed by atoms with Gasteiger partial charge in [0.15, 0.2) is 0 Å². The van der Waals surface area contributed by atoms with E-state index in [9.17, 15) is 0 Å². The first-order chi connectivity index (χ1) is 16.1. The summed E-state index contributed by atoms with van der Waals surface area (Å²) in [5, 5.41) is 10.5. The van der Waals surface area contributed by atoms with Crippen LogP contribution in [0.4, 0.5) is 29.2 Å². The Morgan fingerprint density at radius 3 is 2.27 bits per heavy atom. The van der Waals surface area contributed by atoms with E-state index in [-0.39, 0.29) is 0 Å². The van der Waals surface area contributed by atoms with Crippen molar-refractivity contribution in [1.29, 1.82) is 0 Å². The topological polar surface area (TPSA) is 81.2 Å². The van der Waals surface area contributed by atoms with Crippen molar-refractivity contribution in [2.24, 2.45) is 0 Å². The highest BCUT2D eigenvalue weighted by Crippen LogP contribution is 2.23. The first kappa shape index (κ1) is 23.5. The molecule has 8 heteroatoms. The van der Waals surface area contributed by atoms with Crippen molar-refractivity contribution in [2.45, 2.75) is 70.4 Å². The van der Waals surface area contributed by atoms with E-state index in [1.165, 1.54) is 57.9 Å². The molecule has 3 N–H and O–H groups in total. The predicted molar refractivity (Wildman–Crippen MR) is 138 cm³/mol. The van der Waals surface area contributed by atoms with Gasteiger partial charge in [0.05, 0.1) is 0 Å². The highest BCUT2D eigenvalue weighted by molar-refractivity contribution is 5.60. The van der Waals surface area contributed by atoms with Crippen LogP contribution in [0.25, 0.3) is 0 Å². The number of hydrogen-bond donors (Lipinski definition) is 3. The van der Waals surface area contributed by atoms with Crippen LogP contribution in [-0.4, -0.2) is 65.7 Å². The maximum atomic E-state index is 4.74. The minimum Gasteiger partial charge on any atom is -0.378 e. The molecule has 1 atom stereocenters. The third-order valence-corrected chi connectivity index (χ3v) is 6.86.